The first-order valence-corrected chi connectivity index (χ1v) is 8.59. The van der Waals surface area contributed by atoms with Crippen LogP contribution in [-0.4, -0.2) is 9.78 Å². The molecule has 1 atom stereocenters. The van der Waals surface area contributed by atoms with Crippen molar-refractivity contribution < 1.29 is 13.5 Å². The molecule has 0 fully saturated rings. The number of fused-ring (bicyclic) bond motifs is 1. The lowest BCUT2D eigenvalue weighted by Crippen LogP contribution is -2.22. The van der Waals surface area contributed by atoms with Gasteiger partial charge in [0.15, 0.2) is 11.6 Å². The number of halogens is 2. The normalized spacial score (nSPS) is 15.8. The number of nitriles is 1. The lowest BCUT2D eigenvalue weighted by Gasteiger charge is -2.25. The molecule has 1 unspecified atom stereocenters. The maximum atomic E-state index is 13.9. The number of benzene rings is 2. The van der Waals surface area contributed by atoms with Crippen molar-refractivity contribution >= 4 is 0 Å². The smallest absolute Gasteiger partial charge is 0.229 e. The molecular weight excluding hydrogens is 362 g/mol. The van der Waals surface area contributed by atoms with Crippen molar-refractivity contribution in [3.05, 3.63) is 87.9 Å². The second-order valence-corrected chi connectivity index (χ2v) is 6.65. The number of ether oxygens (including phenoxy) is 1. The standard InChI is InChI=1S/C21H16F2N4O/c1-11-3-6-14(7-4-11)27-21-18(12(2)26-27)19(15(10-24)20(25)28-21)13-5-8-16(22)17(23)9-13/h3-9,19H,25H2,1-2H3. The fourth-order valence-electron chi connectivity index (χ4n) is 3.40. The Balaban J connectivity index is 1.95. The number of nitrogens with two attached hydrogens (primary N) is 1. The summed E-state index contributed by atoms with van der Waals surface area (Å²) in [6, 6.07) is 13.2. The van der Waals surface area contributed by atoms with E-state index < -0.39 is 17.6 Å². The van der Waals surface area contributed by atoms with Crippen molar-refractivity contribution in [3.8, 4) is 17.6 Å². The molecule has 0 radical (unpaired) electrons. The minimum atomic E-state index is -0.995. The summed E-state index contributed by atoms with van der Waals surface area (Å²) in [5, 5.41) is 14.2. The molecule has 28 heavy (non-hydrogen) atoms. The van der Waals surface area contributed by atoms with Gasteiger partial charge < -0.3 is 10.5 Å². The molecule has 3 aromatic rings. The van der Waals surface area contributed by atoms with Crippen LogP contribution in [0.3, 0.4) is 0 Å². The van der Waals surface area contributed by atoms with E-state index in [9.17, 15) is 14.0 Å². The van der Waals surface area contributed by atoms with Gasteiger partial charge in [0.2, 0.25) is 11.8 Å². The van der Waals surface area contributed by atoms with Crippen molar-refractivity contribution in [1.29, 1.82) is 5.26 Å². The van der Waals surface area contributed by atoms with Crippen LogP contribution in [0.25, 0.3) is 5.69 Å². The van der Waals surface area contributed by atoms with Crippen molar-refractivity contribution in [2.24, 2.45) is 5.73 Å². The summed E-state index contributed by atoms with van der Waals surface area (Å²) < 4.78 is 34.7. The van der Waals surface area contributed by atoms with Gasteiger partial charge in [-0.15, -0.1) is 0 Å². The highest BCUT2D eigenvalue weighted by atomic mass is 19.2. The SMILES string of the molecule is Cc1ccc(-n2nc(C)c3c2OC(N)=C(C#N)C3c2ccc(F)c(F)c2)cc1. The summed E-state index contributed by atoms with van der Waals surface area (Å²) >= 11 is 0. The number of nitrogens with zero attached hydrogens (tertiary/aromatic N) is 3. The number of rotatable bonds is 2. The minimum Gasteiger partial charge on any atom is -0.422 e. The molecule has 2 N–H and O–H groups in total. The van der Waals surface area contributed by atoms with Crippen LogP contribution in [0.4, 0.5) is 8.78 Å². The van der Waals surface area contributed by atoms with Crippen molar-refractivity contribution in [2.45, 2.75) is 19.8 Å². The highest BCUT2D eigenvalue weighted by Crippen LogP contribution is 2.44. The second kappa shape index (κ2) is 6.50. The van der Waals surface area contributed by atoms with Crippen LogP contribution in [0.1, 0.15) is 28.3 Å². The quantitative estimate of drug-likeness (QED) is 0.732. The van der Waals surface area contributed by atoms with E-state index in [1.807, 2.05) is 37.3 Å². The van der Waals surface area contributed by atoms with E-state index in [1.54, 1.807) is 11.6 Å². The van der Waals surface area contributed by atoms with Gasteiger partial charge in [0, 0.05) is 0 Å². The zero-order valence-electron chi connectivity index (χ0n) is 15.2. The zero-order valence-corrected chi connectivity index (χ0v) is 15.2. The fourth-order valence-corrected chi connectivity index (χ4v) is 3.40. The molecule has 4 rings (SSSR count). The molecule has 1 aromatic heterocycles. The zero-order chi connectivity index (χ0) is 20.0. The van der Waals surface area contributed by atoms with Gasteiger partial charge in [-0.1, -0.05) is 23.8 Å². The highest BCUT2D eigenvalue weighted by Gasteiger charge is 2.36. The summed E-state index contributed by atoms with van der Waals surface area (Å²) in [6.07, 6.45) is 0. The van der Waals surface area contributed by atoms with Crippen LogP contribution in [0.15, 0.2) is 53.9 Å². The van der Waals surface area contributed by atoms with E-state index in [0.29, 0.717) is 22.7 Å². The minimum absolute atomic E-state index is 0.0852. The van der Waals surface area contributed by atoms with Gasteiger partial charge >= 0.3 is 0 Å². The Morgan fingerprint density at radius 3 is 2.46 bits per heavy atom. The largest absolute Gasteiger partial charge is 0.422 e. The third-order valence-electron chi connectivity index (χ3n) is 4.79. The molecule has 0 spiro atoms. The number of aromatic nitrogens is 2. The summed E-state index contributed by atoms with van der Waals surface area (Å²) in [5.74, 6) is -2.39. The van der Waals surface area contributed by atoms with E-state index in [-0.39, 0.29) is 11.5 Å². The van der Waals surface area contributed by atoms with Crippen molar-refractivity contribution in [3.63, 3.8) is 0 Å². The fraction of sp³-hybridized carbons (Fsp3) is 0.143. The van der Waals surface area contributed by atoms with Crippen molar-refractivity contribution in [1.82, 2.24) is 9.78 Å². The molecular formula is C21H16F2N4O. The van der Waals surface area contributed by atoms with Crippen LogP contribution in [0.2, 0.25) is 0 Å². The molecule has 1 aliphatic heterocycles. The van der Waals surface area contributed by atoms with E-state index in [1.165, 1.54) is 6.07 Å². The average molecular weight is 378 g/mol. The maximum Gasteiger partial charge on any atom is 0.229 e. The predicted molar refractivity (Wildman–Crippen MR) is 98.7 cm³/mol. The molecule has 1 aliphatic rings. The van der Waals surface area contributed by atoms with Crippen LogP contribution in [-0.2, 0) is 0 Å². The number of allylic oxidation sites excluding steroid dienone is 1. The lowest BCUT2D eigenvalue weighted by atomic mass is 9.84. The molecule has 0 amide bonds. The number of aryl methyl sites for hydroxylation is 2. The van der Waals surface area contributed by atoms with Crippen molar-refractivity contribution in [2.75, 3.05) is 0 Å². The molecule has 7 heteroatoms. The van der Waals surface area contributed by atoms with Crippen LogP contribution in [0.5, 0.6) is 5.88 Å². The highest BCUT2D eigenvalue weighted by molar-refractivity contribution is 5.57. The van der Waals surface area contributed by atoms with E-state index in [0.717, 1.165) is 23.4 Å². The first kappa shape index (κ1) is 17.7. The Hall–Kier alpha value is -3.66. The summed E-state index contributed by atoms with van der Waals surface area (Å²) in [5.41, 5.74) is 9.58. The third-order valence-corrected chi connectivity index (χ3v) is 4.79. The molecule has 0 aliphatic carbocycles. The molecule has 0 saturated heterocycles. The van der Waals surface area contributed by atoms with Gasteiger partial charge in [-0.25, -0.2) is 13.5 Å². The second-order valence-electron chi connectivity index (χ2n) is 6.65. The molecule has 140 valence electrons. The van der Waals surface area contributed by atoms with Crippen LogP contribution >= 0.6 is 0 Å². The summed E-state index contributed by atoms with van der Waals surface area (Å²) in [4.78, 5) is 0. The Morgan fingerprint density at radius 1 is 1.11 bits per heavy atom. The molecule has 5 nitrogen and oxygen atoms in total. The predicted octanol–water partition coefficient (Wildman–Crippen LogP) is 3.99. The Kier molecular flexibility index (Phi) is 4.12. The molecule has 2 heterocycles. The molecule has 0 saturated carbocycles. The Labute approximate surface area is 160 Å². The first-order valence-electron chi connectivity index (χ1n) is 8.59. The third kappa shape index (κ3) is 2.70. The van der Waals surface area contributed by atoms with Gasteiger partial charge in [0.1, 0.15) is 11.6 Å². The summed E-state index contributed by atoms with van der Waals surface area (Å²) in [6.45, 7) is 3.75. The van der Waals surface area contributed by atoms with Gasteiger partial charge in [0.25, 0.3) is 0 Å². The average Bonchev–Trinajstić information content (AvgIpc) is 2.99. The Morgan fingerprint density at radius 2 is 1.82 bits per heavy atom. The Bertz CT molecular complexity index is 1160. The summed E-state index contributed by atoms with van der Waals surface area (Å²) in [7, 11) is 0. The van der Waals surface area contributed by atoms with E-state index in [2.05, 4.69) is 5.10 Å². The van der Waals surface area contributed by atoms with Gasteiger partial charge in [-0.2, -0.15) is 10.4 Å². The number of hydrogen-bond donors (Lipinski definition) is 1. The van der Waals surface area contributed by atoms with Gasteiger partial charge in [-0.3, -0.25) is 0 Å². The maximum absolute atomic E-state index is 13.9. The van der Waals surface area contributed by atoms with E-state index >= 15 is 0 Å². The van der Waals surface area contributed by atoms with Crippen LogP contribution in [0, 0.1) is 36.8 Å². The number of hydrogen-bond acceptors (Lipinski definition) is 4. The lowest BCUT2D eigenvalue weighted by molar-refractivity contribution is 0.367. The van der Waals surface area contributed by atoms with Gasteiger partial charge in [-0.05, 0) is 43.7 Å². The van der Waals surface area contributed by atoms with Crippen LogP contribution < -0.4 is 10.5 Å². The monoisotopic (exact) mass is 378 g/mol. The van der Waals surface area contributed by atoms with E-state index in [4.69, 9.17) is 10.5 Å². The molecule has 0 bridgehead atoms. The topological polar surface area (TPSA) is 76.9 Å². The molecule has 2 aromatic carbocycles. The van der Waals surface area contributed by atoms with Gasteiger partial charge in [0.05, 0.1) is 22.9 Å². The first-order chi connectivity index (χ1) is 13.4.